The monoisotopic (exact) mass is 360 g/mol. The minimum atomic E-state index is -1.11. The summed E-state index contributed by atoms with van der Waals surface area (Å²) in [4.78, 5) is 23.2. The van der Waals surface area contributed by atoms with Gasteiger partial charge in [0.15, 0.2) is 0 Å². The van der Waals surface area contributed by atoms with Crippen LogP contribution in [0.5, 0.6) is 0 Å². The fraction of sp³-hybridized carbons (Fsp3) is 0.800. The number of ether oxygens (including phenoxy) is 1. The molecular formula is C20H33NaO4. The topological polar surface area (TPSA) is 66.4 Å². The molecule has 0 aromatic carbocycles. The third-order valence-electron chi connectivity index (χ3n) is 4.77. The van der Waals surface area contributed by atoms with Crippen LogP contribution in [0.1, 0.15) is 84.0 Å². The van der Waals surface area contributed by atoms with Gasteiger partial charge >= 0.3 is 35.5 Å². The van der Waals surface area contributed by atoms with Crippen molar-refractivity contribution in [3.8, 4) is 0 Å². The van der Waals surface area contributed by atoms with Gasteiger partial charge in [0.1, 0.15) is 0 Å². The van der Waals surface area contributed by atoms with E-state index in [2.05, 4.69) is 19.1 Å². The van der Waals surface area contributed by atoms with Crippen LogP contribution >= 0.6 is 0 Å². The van der Waals surface area contributed by atoms with Crippen LogP contribution in [0.15, 0.2) is 12.2 Å². The van der Waals surface area contributed by atoms with E-state index in [1.54, 1.807) is 0 Å². The fourth-order valence-electron chi connectivity index (χ4n) is 3.25. The Morgan fingerprint density at radius 2 is 1.56 bits per heavy atom. The van der Waals surface area contributed by atoms with Crippen LogP contribution in [-0.4, -0.2) is 18.5 Å². The first-order chi connectivity index (χ1) is 11.7. The fourth-order valence-corrected chi connectivity index (χ4v) is 3.25. The smallest absolute Gasteiger partial charge is 0.550 e. The van der Waals surface area contributed by atoms with Crippen molar-refractivity contribution in [2.45, 2.75) is 84.0 Å². The van der Waals surface area contributed by atoms with Crippen molar-refractivity contribution < 1.29 is 49.0 Å². The Balaban J connectivity index is 0.00000576. The summed E-state index contributed by atoms with van der Waals surface area (Å²) >= 11 is 0. The summed E-state index contributed by atoms with van der Waals surface area (Å²) in [6, 6.07) is 0. The number of carbonyl (C=O) groups is 2. The zero-order valence-electron chi connectivity index (χ0n) is 16.1. The molecule has 1 rings (SSSR count). The van der Waals surface area contributed by atoms with Crippen LogP contribution in [0.25, 0.3) is 0 Å². The van der Waals surface area contributed by atoms with E-state index in [9.17, 15) is 14.7 Å². The maximum Gasteiger partial charge on any atom is 1.00 e. The molecule has 0 radical (unpaired) electrons. The molecular weight excluding hydrogens is 327 g/mol. The number of rotatable bonds is 12. The zero-order chi connectivity index (χ0) is 17.6. The van der Waals surface area contributed by atoms with Gasteiger partial charge in [-0.15, -0.1) is 0 Å². The number of unbranched alkanes of at least 4 members (excludes halogenated alkanes) is 6. The molecule has 1 aliphatic rings. The van der Waals surface area contributed by atoms with Crippen molar-refractivity contribution in [3.05, 3.63) is 12.2 Å². The Morgan fingerprint density at radius 1 is 0.960 bits per heavy atom. The van der Waals surface area contributed by atoms with E-state index >= 15 is 0 Å². The Bertz CT molecular complexity index is 395. The molecule has 0 bridgehead atoms. The number of hydrogen-bond acceptors (Lipinski definition) is 4. The normalized spacial score (nSPS) is 20.2. The summed E-state index contributed by atoms with van der Waals surface area (Å²) in [5.74, 6) is -2.62. The molecule has 0 amide bonds. The summed E-state index contributed by atoms with van der Waals surface area (Å²) in [6.07, 6.45) is 16.5. The standard InChI is InChI=1S/C20H34O4.Na/c1-2-3-4-5-6-7-8-9-10-13-16-24-20(23)18-15-12-11-14-17(18)19(21)22;/h5-6,17-18H,2-4,7-16H2,1H3,(H,21,22);/q;+1/p-1/b6-5+;. The minimum Gasteiger partial charge on any atom is -0.550 e. The molecule has 1 saturated carbocycles. The molecule has 25 heavy (non-hydrogen) atoms. The summed E-state index contributed by atoms with van der Waals surface area (Å²) < 4.78 is 5.29. The molecule has 0 heterocycles. The van der Waals surface area contributed by atoms with Gasteiger partial charge in [0.05, 0.1) is 12.5 Å². The molecule has 0 spiro atoms. The Kier molecular flexibility index (Phi) is 15.7. The summed E-state index contributed by atoms with van der Waals surface area (Å²) in [6.45, 7) is 2.61. The third-order valence-corrected chi connectivity index (χ3v) is 4.77. The average Bonchev–Trinajstić information content (AvgIpc) is 2.59. The van der Waals surface area contributed by atoms with Crippen molar-refractivity contribution in [2.24, 2.45) is 11.8 Å². The molecule has 0 aliphatic heterocycles. The Hall–Kier alpha value is -0.320. The van der Waals surface area contributed by atoms with Gasteiger partial charge in [0.25, 0.3) is 0 Å². The first-order valence-corrected chi connectivity index (χ1v) is 9.69. The van der Waals surface area contributed by atoms with E-state index in [0.29, 0.717) is 19.4 Å². The van der Waals surface area contributed by atoms with Gasteiger partial charge in [-0.05, 0) is 38.5 Å². The number of allylic oxidation sites excluding steroid dienone is 2. The van der Waals surface area contributed by atoms with Gasteiger partial charge in [0, 0.05) is 11.9 Å². The zero-order valence-corrected chi connectivity index (χ0v) is 18.1. The van der Waals surface area contributed by atoms with E-state index in [1.807, 2.05) is 0 Å². The van der Waals surface area contributed by atoms with Gasteiger partial charge in [-0.3, -0.25) is 4.79 Å². The SMILES string of the molecule is CCCC/C=C/CCCCCCOC(=O)C1CCCCC1C(=O)[O-].[Na+]. The molecule has 5 heteroatoms. The predicted octanol–water partition coefficient (Wildman–Crippen LogP) is 0.787. The molecule has 0 aromatic heterocycles. The molecule has 2 atom stereocenters. The number of aliphatic carboxylic acids is 1. The van der Waals surface area contributed by atoms with Crippen molar-refractivity contribution in [3.63, 3.8) is 0 Å². The predicted molar refractivity (Wildman–Crippen MR) is 93.2 cm³/mol. The molecule has 2 unspecified atom stereocenters. The minimum absolute atomic E-state index is 0. The van der Waals surface area contributed by atoms with Crippen molar-refractivity contribution in [1.82, 2.24) is 0 Å². The molecule has 0 N–H and O–H groups in total. The number of esters is 1. The second-order valence-corrected chi connectivity index (χ2v) is 6.80. The molecule has 0 aromatic rings. The van der Waals surface area contributed by atoms with Gasteiger partial charge in [-0.2, -0.15) is 0 Å². The van der Waals surface area contributed by atoms with Crippen LogP contribution in [0.4, 0.5) is 0 Å². The second kappa shape index (κ2) is 15.9. The largest absolute Gasteiger partial charge is 1.00 e. The number of hydrogen-bond donors (Lipinski definition) is 0. The van der Waals surface area contributed by atoms with Crippen LogP contribution < -0.4 is 34.7 Å². The average molecular weight is 360 g/mol. The molecule has 1 fully saturated rings. The van der Waals surface area contributed by atoms with Crippen LogP contribution in [0.3, 0.4) is 0 Å². The van der Waals surface area contributed by atoms with E-state index in [1.165, 1.54) is 25.7 Å². The summed E-state index contributed by atoms with van der Waals surface area (Å²) in [7, 11) is 0. The van der Waals surface area contributed by atoms with Crippen molar-refractivity contribution in [1.29, 1.82) is 0 Å². The maximum absolute atomic E-state index is 12.1. The Morgan fingerprint density at radius 3 is 2.20 bits per heavy atom. The van der Waals surface area contributed by atoms with Gasteiger partial charge < -0.3 is 14.6 Å². The molecule has 4 nitrogen and oxygen atoms in total. The molecule has 138 valence electrons. The molecule has 1 aliphatic carbocycles. The summed E-state index contributed by atoms with van der Waals surface area (Å²) in [5, 5.41) is 11.1. The van der Waals surface area contributed by atoms with Crippen LogP contribution in [0, 0.1) is 11.8 Å². The van der Waals surface area contributed by atoms with E-state index in [-0.39, 0.29) is 35.5 Å². The Labute approximate surface area is 175 Å². The quantitative estimate of drug-likeness (QED) is 0.223. The van der Waals surface area contributed by atoms with Gasteiger partial charge in [-0.1, -0.05) is 57.6 Å². The second-order valence-electron chi connectivity index (χ2n) is 6.80. The summed E-state index contributed by atoms with van der Waals surface area (Å²) in [5.41, 5.74) is 0. The van der Waals surface area contributed by atoms with E-state index in [4.69, 9.17) is 4.74 Å². The number of carboxylic acid groups (broad SMARTS) is 1. The van der Waals surface area contributed by atoms with Crippen molar-refractivity contribution >= 4 is 11.9 Å². The number of carbonyl (C=O) groups excluding carboxylic acids is 2. The maximum atomic E-state index is 12.1. The van der Waals surface area contributed by atoms with E-state index < -0.39 is 17.8 Å². The third kappa shape index (κ3) is 11.1. The van der Waals surface area contributed by atoms with Gasteiger partial charge in [-0.25, -0.2) is 0 Å². The van der Waals surface area contributed by atoms with E-state index in [0.717, 1.165) is 38.5 Å². The van der Waals surface area contributed by atoms with Gasteiger partial charge in [0.2, 0.25) is 0 Å². The van der Waals surface area contributed by atoms with Crippen LogP contribution in [-0.2, 0) is 14.3 Å². The first-order valence-electron chi connectivity index (χ1n) is 9.69. The number of carboxylic acids is 1. The first kappa shape index (κ1) is 24.7. The van der Waals surface area contributed by atoms with Crippen LogP contribution in [0.2, 0.25) is 0 Å². The van der Waals surface area contributed by atoms with Crippen molar-refractivity contribution in [2.75, 3.05) is 6.61 Å². The molecule has 0 saturated heterocycles.